The molecule has 1 N–H and O–H groups in total. The summed E-state index contributed by atoms with van der Waals surface area (Å²) in [5.74, 6) is 3.57. The molecule has 0 amide bonds. The van der Waals surface area contributed by atoms with E-state index in [2.05, 4.69) is 24.7 Å². The average molecular weight is 229 g/mol. The first kappa shape index (κ1) is 13.3. The molecule has 0 spiro atoms. The zero-order valence-electron chi connectivity index (χ0n) is 10.3. The van der Waals surface area contributed by atoms with E-state index < -0.39 is 0 Å². The van der Waals surface area contributed by atoms with Crippen LogP contribution >= 0.6 is 0 Å². The highest BCUT2D eigenvalue weighted by Crippen LogP contribution is 2.12. The van der Waals surface area contributed by atoms with Crippen LogP contribution in [-0.4, -0.2) is 12.6 Å². The van der Waals surface area contributed by atoms with Gasteiger partial charge in [-0.1, -0.05) is 37.6 Å². The van der Waals surface area contributed by atoms with Gasteiger partial charge in [-0.2, -0.15) is 0 Å². The van der Waals surface area contributed by atoms with E-state index in [9.17, 15) is 0 Å². The van der Waals surface area contributed by atoms with Crippen LogP contribution in [0.25, 0.3) is 0 Å². The highest BCUT2D eigenvalue weighted by Gasteiger charge is 2.00. The minimum atomic E-state index is 0.145. The standard InChI is InChI=1S/C15H19NO/c1-4-11-17-15-9-7-13(8-10-15)12-16-14(5-2)6-3/h2,4,7-10,14,16H,1,6,11-12H2,3H3. The van der Waals surface area contributed by atoms with Crippen LogP contribution in [0.5, 0.6) is 5.75 Å². The molecule has 1 aromatic rings. The summed E-state index contributed by atoms with van der Waals surface area (Å²) < 4.78 is 5.41. The van der Waals surface area contributed by atoms with E-state index in [1.807, 2.05) is 24.3 Å². The monoisotopic (exact) mass is 229 g/mol. The van der Waals surface area contributed by atoms with Crippen LogP contribution in [0, 0.1) is 12.3 Å². The molecule has 0 bridgehead atoms. The van der Waals surface area contributed by atoms with Crippen LogP contribution in [0.3, 0.4) is 0 Å². The summed E-state index contributed by atoms with van der Waals surface area (Å²) in [5, 5.41) is 3.30. The summed E-state index contributed by atoms with van der Waals surface area (Å²) in [6.07, 6.45) is 8.06. The minimum Gasteiger partial charge on any atom is -0.490 e. The van der Waals surface area contributed by atoms with E-state index in [0.717, 1.165) is 18.7 Å². The predicted octanol–water partition coefficient (Wildman–Crippen LogP) is 2.75. The molecule has 0 aliphatic carbocycles. The Bertz CT molecular complexity index is 375. The Labute approximate surface area is 104 Å². The van der Waals surface area contributed by atoms with Crippen molar-refractivity contribution >= 4 is 0 Å². The topological polar surface area (TPSA) is 21.3 Å². The van der Waals surface area contributed by atoms with Gasteiger partial charge in [0.05, 0.1) is 6.04 Å². The molecule has 1 unspecified atom stereocenters. The lowest BCUT2D eigenvalue weighted by molar-refractivity contribution is 0.363. The highest BCUT2D eigenvalue weighted by atomic mass is 16.5. The molecule has 0 aliphatic rings. The largest absolute Gasteiger partial charge is 0.490 e. The Hall–Kier alpha value is -1.72. The highest BCUT2D eigenvalue weighted by molar-refractivity contribution is 5.27. The SMILES string of the molecule is C#CC(CC)NCc1ccc(OCC=C)cc1. The van der Waals surface area contributed by atoms with E-state index in [1.165, 1.54) is 5.56 Å². The first-order valence-electron chi connectivity index (χ1n) is 5.82. The molecule has 1 aromatic carbocycles. The molecule has 17 heavy (non-hydrogen) atoms. The van der Waals surface area contributed by atoms with Crippen molar-refractivity contribution in [1.82, 2.24) is 5.32 Å². The molecule has 1 atom stereocenters. The van der Waals surface area contributed by atoms with E-state index in [-0.39, 0.29) is 6.04 Å². The van der Waals surface area contributed by atoms with E-state index in [4.69, 9.17) is 11.2 Å². The van der Waals surface area contributed by atoms with Gasteiger partial charge in [0.25, 0.3) is 0 Å². The molecule has 2 heteroatoms. The summed E-state index contributed by atoms with van der Waals surface area (Å²) in [6.45, 7) is 7.00. The molecule has 0 radical (unpaired) electrons. The number of rotatable bonds is 7. The summed E-state index contributed by atoms with van der Waals surface area (Å²) in [5.41, 5.74) is 1.20. The number of hydrogen-bond acceptors (Lipinski definition) is 2. The molecule has 0 aromatic heterocycles. The van der Waals surface area contributed by atoms with E-state index in [0.29, 0.717) is 6.61 Å². The van der Waals surface area contributed by atoms with Gasteiger partial charge in [-0.15, -0.1) is 6.42 Å². The van der Waals surface area contributed by atoms with Crippen molar-refractivity contribution in [3.8, 4) is 18.1 Å². The van der Waals surface area contributed by atoms with Crippen molar-refractivity contribution in [3.05, 3.63) is 42.5 Å². The van der Waals surface area contributed by atoms with Crippen LogP contribution in [-0.2, 0) is 6.54 Å². The molecular formula is C15H19NO. The van der Waals surface area contributed by atoms with Crippen LogP contribution in [0.4, 0.5) is 0 Å². The van der Waals surface area contributed by atoms with Crippen molar-refractivity contribution in [2.24, 2.45) is 0 Å². The van der Waals surface area contributed by atoms with Crippen LogP contribution < -0.4 is 10.1 Å². The second-order valence-corrected chi connectivity index (χ2v) is 3.75. The normalized spacial score (nSPS) is 11.5. The van der Waals surface area contributed by atoms with E-state index in [1.54, 1.807) is 6.08 Å². The number of benzene rings is 1. The lowest BCUT2D eigenvalue weighted by Gasteiger charge is -2.11. The number of nitrogens with one attached hydrogen (secondary N) is 1. The lowest BCUT2D eigenvalue weighted by atomic mass is 10.2. The van der Waals surface area contributed by atoms with Crippen molar-refractivity contribution in [2.45, 2.75) is 25.9 Å². The average Bonchev–Trinajstić information content (AvgIpc) is 2.39. The molecule has 0 saturated carbocycles. The Morgan fingerprint density at radius 3 is 2.71 bits per heavy atom. The predicted molar refractivity (Wildman–Crippen MR) is 71.9 cm³/mol. The molecule has 0 fully saturated rings. The number of terminal acetylenes is 1. The van der Waals surface area contributed by atoms with Crippen molar-refractivity contribution in [1.29, 1.82) is 0 Å². The quantitative estimate of drug-likeness (QED) is 0.573. The van der Waals surface area contributed by atoms with Gasteiger partial charge in [0, 0.05) is 6.54 Å². The lowest BCUT2D eigenvalue weighted by Crippen LogP contribution is -2.25. The first-order valence-corrected chi connectivity index (χ1v) is 5.82. The fraction of sp³-hybridized carbons (Fsp3) is 0.333. The Morgan fingerprint density at radius 2 is 2.18 bits per heavy atom. The molecule has 0 aliphatic heterocycles. The third kappa shape index (κ3) is 4.76. The van der Waals surface area contributed by atoms with Gasteiger partial charge in [0.2, 0.25) is 0 Å². The minimum absolute atomic E-state index is 0.145. The number of hydrogen-bond donors (Lipinski definition) is 1. The van der Waals surface area contributed by atoms with Crippen molar-refractivity contribution in [3.63, 3.8) is 0 Å². The molecule has 2 nitrogen and oxygen atoms in total. The maximum Gasteiger partial charge on any atom is 0.119 e. The van der Waals surface area contributed by atoms with Crippen molar-refractivity contribution < 1.29 is 4.74 Å². The van der Waals surface area contributed by atoms with Gasteiger partial charge < -0.3 is 4.74 Å². The van der Waals surface area contributed by atoms with E-state index >= 15 is 0 Å². The first-order chi connectivity index (χ1) is 8.30. The molecule has 1 rings (SSSR count). The third-order valence-electron chi connectivity index (χ3n) is 2.45. The smallest absolute Gasteiger partial charge is 0.119 e. The molecule has 90 valence electrons. The van der Waals surface area contributed by atoms with Gasteiger partial charge in [-0.3, -0.25) is 5.32 Å². The summed E-state index contributed by atoms with van der Waals surface area (Å²) in [4.78, 5) is 0. The zero-order chi connectivity index (χ0) is 12.5. The Kier molecular flexibility index (Phi) is 5.92. The maximum absolute atomic E-state index is 5.41. The van der Waals surface area contributed by atoms with Gasteiger partial charge in [0.1, 0.15) is 12.4 Å². The third-order valence-corrected chi connectivity index (χ3v) is 2.45. The second-order valence-electron chi connectivity index (χ2n) is 3.75. The maximum atomic E-state index is 5.41. The second kappa shape index (κ2) is 7.54. The summed E-state index contributed by atoms with van der Waals surface area (Å²) in [6, 6.07) is 8.13. The van der Waals surface area contributed by atoms with Gasteiger partial charge >= 0.3 is 0 Å². The van der Waals surface area contributed by atoms with Gasteiger partial charge in [0.15, 0.2) is 0 Å². The summed E-state index contributed by atoms with van der Waals surface area (Å²) in [7, 11) is 0. The molecular weight excluding hydrogens is 210 g/mol. The van der Waals surface area contributed by atoms with Gasteiger partial charge in [-0.05, 0) is 24.1 Å². The van der Waals surface area contributed by atoms with Crippen LogP contribution in [0.1, 0.15) is 18.9 Å². The zero-order valence-corrected chi connectivity index (χ0v) is 10.3. The molecule has 0 heterocycles. The Balaban J connectivity index is 2.45. The molecule has 0 saturated heterocycles. The fourth-order valence-corrected chi connectivity index (χ4v) is 1.42. The number of ether oxygens (including phenoxy) is 1. The van der Waals surface area contributed by atoms with Crippen LogP contribution in [0.15, 0.2) is 36.9 Å². The van der Waals surface area contributed by atoms with Crippen molar-refractivity contribution in [2.75, 3.05) is 6.61 Å². The summed E-state index contributed by atoms with van der Waals surface area (Å²) >= 11 is 0. The Morgan fingerprint density at radius 1 is 1.47 bits per heavy atom. The van der Waals surface area contributed by atoms with Gasteiger partial charge in [-0.25, -0.2) is 0 Å². The van der Waals surface area contributed by atoms with Crippen LogP contribution in [0.2, 0.25) is 0 Å². The fourth-order valence-electron chi connectivity index (χ4n) is 1.42.